The lowest BCUT2D eigenvalue weighted by atomic mass is 10.0. The highest BCUT2D eigenvalue weighted by atomic mass is 16.3. The molecule has 0 spiro atoms. The number of hydrogen-bond donors (Lipinski definition) is 3. The Kier molecular flexibility index (Phi) is 23.6. The molecule has 4 nitrogen and oxygen atoms in total. The number of carbonyl (C=O) groups is 1. The van der Waals surface area contributed by atoms with E-state index in [1.807, 2.05) is 0 Å². The second-order valence-electron chi connectivity index (χ2n) is 9.47. The summed E-state index contributed by atoms with van der Waals surface area (Å²) in [6.45, 7) is 4.23. The van der Waals surface area contributed by atoms with Crippen LogP contribution in [0.1, 0.15) is 149 Å². The predicted molar refractivity (Wildman–Crippen MR) is 133 cm³/mol. The molecule has 31 heavy (non-hydrogen) atoms. The third kappa shape index (κ3) is 21.0. The Morgan fingerprint density at radius 2 is 1.03 bits per heavy atom. The van der Waals surface area contributed by atoms with E-state index in [4.69, 9.17) is 0 Å². The van der Waals surface area contributed by atoms with Gasteiger partial charge in [-0.15, -0.1) is 0 Å². The largest absolute Gasteiger partial charge is 0.394 e. The van der Waals surface area contributed by atoms with E-state index in [0.717, 1.165) is 32.1 Å². The molecule has 2 atom stereocenters. The van der Waals surface area contributed by atoms with Crippen molar-refractivity contribution in [3.63, 3.8) is 0 Å². The Morgan fingerprint density at radius 3 is 1.45 bits per heavy atom. The minimum atomic E-state index is -0.646. The molecule has 0 aromatic rings. The molecule has 0 radical (unpaired) electrons. The molecule has 0 aromatic carbocycles. The van der Waals surface area contributed by atoms with E-state index < -0.39 is 12.1 Å². The van der Waals surface area contributed by atoms with Crippen molar-refractivity contribution in [1.29, 1.82) is 0 Å². The predicted octanol–water partition coefficient (Wildman–Crippen LogP) is 7.06. The summed E-state index contributed by atoms with van der Waals surface area (Å²) in [5, 5.41) is 22.5. The summed E-state index contributed by atoms with van der Waals surface area (Å²) in [4.78, 5) is 12.1. The highest BCUT2D eigenvalue weighted by Crippen LogP contribution is 2.14. The molecule has 1 amide bonds. The van der Waals surface area contributed by atoms with Crippen molar-refractivity contribution in [2.24, 2.45) is 0 Å². The first-order valence-electron chi connectivity index (χ1n) is 13.7. The lowest BCUT2D eigenvalue weighted by Gasteiger charge is -2.22. The Hall–Kier alpha value is -0.610. The smallest absolute Gasteiger partial charge is 0.220 e. The van der Waals surface area contributed by atoms with Gasteiger partial charge in [-0.25, -0.2) is 0 Å². The van der Waals surface area contributed by atoms with Gasteiger partial charge in [-0.05, 0) is 12.8 Å². The van der Waals surface area contributed by atoms with Crippen LogP contribution in [0.5, 0.6) is 0 Å². The molecule has 0 aromatic heterocycles. The summed E-state index contributed by atoms with van der Waals surface area (Å²) in [5.41, 5.74) is 0. The lowest BCUT2D eigenvalue weighted by Crippen LogP contribution is -2.45. The van der Waals surface area contributed by atoms with Crippen molar-refractivity contribution < 1.29 is 15.0 Å². The van der Waals surface area contributed by atoms with Gasteiger partial charge in [0, 0.05) is 6.42 Å². The Bertz CT molecular complexity index is 375. The topological polar surface area (TPSA) is 69.6 Å². The number of aliphatic hydroxyl groups excluding tert-OH is 2. The molecular formula is C27H55NO3. The molecule has 0 aliphatic rings. The fraction of sp³-hybridized carbons (Fsp3) is 0.963. The summed E-state index contributed by atoms with van der Waals surface area (Å²) in [7, 11) is 0. The minimum absolute atomic E-state index is 0.0404. The number of rotatable bonds is 24. The molecule has 0 bridgehead atoms. The zero-order valence-corrected chi connectivity index (χ0v) is 21.0. The van der Waals surface area contributed by atoms with Crippen molar-refractivity contribution in [1.82, 2.24) is 5.32 Å². The van der Waals surface area contributed by atoms with E-state index in [1.54, 1.807) is 0 Å². The van der Waals surface area contributed by atoms with Gasteiger partial charge < -0.3 is 15.5 Å². The average molecular weight is 442 g/mol. The third-order valence-corrected chi connectivity index (χ3v) is 6.37. The molecule has 0 saturated carbocycles. The van der Waals surface area contributed by atoms with Gasteiger partial charge in [-0.2, -0.15) is 0 Å². The molecule has 0 heterocycles. The summed E-state index contributed by atoms with van der Waals surface area (Å²) < 4.78 is 0. The summed E-state index contributed by atoms with van der Waals surface area (Å²) in [6, 6.07) is -0.523. The van der Waals surface area contributed by atoms with Gasteiger partial charge in [0.05, 0.1) is 18.8 Å². The maximum absolute atomic E-state index is 12.1. The van der Waals surface area contributed by atoms with Crippen LogP contribution in [0.2, 0.25) is 0 Å². The number of carbonyl (C=O) groups excluding carboxylic acids is 1. The minimum Gasteiger partial charge on any atom is -0.394 e. The van der Waals surface area contributed by atoms with Gasteiger partial charge in [-0.3, -0.25) is 4.79 Å². The van der Waals surface area contributed by atoms with Crippen molar-refractivity contribution in [2.45, 2.75) is 161 Å². The van der Waals surface area contributed by atoms with Crippen molar-refractivity contribution in [2.75, 3.05) is 6.61 Å². The van der Waals surface area contributed by atoms with Crippen LogP contribution < -0.4 is 5.32 Å². The highest BCUT2D eigenvalue weighted by molar-refractivity contribution is 5.76. The number of aliphatic hydroxyl groups is 2. The first-order chi connectivity index (χ1) is 15.2. The first-order valence-corrected chi connectivity index (χ1v) is 13.7. The van der Waals surface area contributed by atoms with Crippen LogP contribution in [0.3, 0.4) is 0 Å². The van der Waals surface area contributed by atoms with E-state index in [2.05, 4.69) is 19.2 Å². The summed E-state index contributed by atoms with van der Waals surface area (Å²) in [5.74, 6) is -0.0404. The monoisotopic (exact) mass is 441 g/mol. The van der Waals surface area contributed by atoms with Crippen LogP contribution in [0.25, 0.3) is 0 Å². The molecule has 0 aliphatic carbocycles. The van der Waals surface area contributed by atoms with Gasteiger partial charge in [0.2, 0.25) is 5.91 Å². The molecule has 0 aliphatic heterocycles. The average Bonchev–Trinajstić information content (AvgIpc) is 2.77. The maximum Gasteiger partial charge on any atom is 0.220 e. The van der Waals surface area contributed by atoms with Crippen LogP contribution in [0, 0.1) is 0 Å². The lowest BCUT2D eigenvalue weighted by molar-refractivity contribution is -0.123. The molecule has 186 valence electrons. The molecule has 4 heteroatoms. The summed E-state index contributed by atoms with van der Waals surface area (Å²) >= 11 is 0. The number of amides is 1. The Morgan fingerprint density at radius 1 is 0.645 bits per heavy atom. The van der Waals surface area contributed by atoms with Gasteiger partial charge in [0.25, 0.3) is 0 Å². The number of unbranched alkanes of at least 4 members (excludes halogenated alkanes) is 17. The van der Waals surface area contributed by atoms with Crippen LogP contribution in [-0.4, -0.2) is 34.9 Å². The van der Waals surface area contributed by atoms with Gasteiger partial charge in [-0.1, -0.05) is 129 Å². The maximum atomic E-state index is 12.1. The SMILES string of the molecule is CCCCCCCCCCCCCCCCCC(=O)NC(CO)C(O)CCCCCC. The first kappa shape index (κ1) is 30.4. The standard InChI is InChI=1S/C27H55NO3/c1-3-5-7-9-10-11-12-13-14-15-16-17-18-19-21-23-27(31)28-25(24-29)26(30)22-20-8-6-4-2/h25-26,29-30H,3-24H2,1-2H3,(H,28,31). The summed E-state index contributed by atoms with van der Waals surface area (Å²) in [6.07, 6.45) is 24.6. The molecule has 3 N–H and O–H groups in total. The second kappa shape index (κ2) is 24.0. The van der Waals surface area contributed by atoms with E-state index in [1.165, 1.54) is 89.9 Å². The van der Waals surface area contributed by atoms with Crippen LogP contribution >= 0.6 is 0 Å². The fourth-order valence-electron chi connectivity index (χ4n) is 4.18. The molecule has 2 unspecified atom stereocenters. The van der Waals surface area contributed by atoms with E-state index >= 15 is 0 Å². The van der Waals surface area contributed by atoms with E-state index in [-0.39, 0.29) is 12.5 Å². The van der Waals surface area contributed by atoms with Crippen LogP contribution in [0.15, 0.2) is 0 Å². The van der Waals surface area contributed by atoms with E-state index in [9.17, 15) is 15.0 Å². The normalized spacial score (nSPS) is 13.3. The molecule has 0 saturated heterocycles. The van der Waals surface area contributed by atoms with Gasteiger partial charge in [0.15, 0.2) is 0 Å². The molecular weight excluding hydrogens is 386 g/mol. The fourth-order valence-corrected chi connectivity index (χ4v) is 4.18. The third-order valence-electron chi connectivity index (χ3n) is 6.37. The van der Waals surface area contributed by atoms with Crippen molar-refractivity contribution in [3.05, 3.63) is 0 Å². The quantitative estimate of drug-likeness (QED) is 0.140. The zero-order valence-electron chi connectivity index (χ0n) is 21.0. The van der Waals surface area contributed by atoms with Gasteiger partial charge in [0.1, 0.15) is 0 Å². The number of nitrogens with one attached hydrogen (secondary N) is 1. The highest BCUT2D eigenvalue weighted by Gasteiger charge is 2.19. The molecule has 0 rings (SSSR count). The zero-order chi connectivity index (χ0) is 23.0. The number of hydrogen-bond acceptors (Lipinski definition) is 3. The van der Waals surface area contributed by atoms with E-state index in [0.29, 0.717) is 12.8 Å². The second-order valence-corrected chi connectivity index (χ2v) is 9.47. The Balaban J connectivity index is 3.48. The van der Waals surface area contributed by atoms with Crippen LogP contribution in [-0.2, 0) is 4.79 Å². The van der Waals surface area contributed by atoms with Crippen molar-refractivity contribution >= 4 is 5.91 Å². The van der Waals surface area contributed by atoms with Crippen molar-refractivity contribution in [3.8, 4) is 0 Å². The van der Waals surface area contributed by atoms with Gasteiger partial charge >= 0.3 is 0 Å². The molecule has 0 fully saturated rings. The van der Waals surface area contributed by atoms with Crippen LogP contribution in [0.4, 0.5) is 0 Å². The Labute approximate surface area is 194 Å².